The lowest BCUT2D eigenvalue weighted by molar-refractivity contribution is 0.316. The minimum Gasteiger partial charge on any atom is -0.624 e. The van der Waals surface area contributed by atoms with Gasteiger partial charge < -0.3 is 16.0 Å². The van der Waals surface area contributed by atoms with Crippen molar-refractivity contribution in [3.05, 3.63) is 192 Å². The fraction of sp³-hybridized carbons (Fsp3) is 0.0682. The van der Waals surface area contributed by atoms with E-state index in [9.17, 15) is 0 Å². The molecule has 240 valence electrons. The molecule has 2 N–H and O–H groups in total. The second-order valence-electron chi connectivity index (χ2n) is 12.6. The number of hydrogen-bond donors (Lipinski definition) is 2. The van der Waals surface area contributed by atoms with Gasteiger partial charge in [-0.25, -0.2) is 9.97 Å². The first-order valence-electron chi connectivity index (χ1n) is 16.9. The molecular weight excluding hydrogens is 613 g/mol. The van der Waals surface area contributed by atoms with E-state index in [-0.39, 0.29) is 18.5 Å². The van der Waals surface area contributed by atoms with Crippen LogP contribution in [0.3, 0.4) is 0 Å². The predicted molar refractivity (Wildman–Crippen MR) is 202 cm³/mol. The highest BCUT2D eigenvalue weighted by Gasteiger charge is 2.23. The maximum Gasteiger partial charge on any atom is 0.0893 e. The van der Waals surface area contributed by atoms with Crippen molar-refractivity contribution in [2.75, 3.05) is 0 Å². The van der Waals surface area contributed by atoms with Gasteiger partial charge in [0.1, 0.15) is 0 Å². The van der Waals surface area contributed by atoms with Crippen molar-refractivity contribution in [2.45, 2.75) is 18.5 Å². The topological polar surface area (TPSA) is 76.8 Å². The zero-order chi connectivity index (χ0) is 33.3. The van der Waals surface area contributed by atoms with Crippen LogP contribution in [0.1, 0.15) is 35.2 Å². The Labute approximate surface area is 290 Å². The Hall–Kier alpha value is -6.05. The highest BCUT2D eigenvalue weighted by Crippen LogP contribution is 2.40. The largest absolute Gasteiger partial charge is 0.624 e. The number of hydrogen-bond acceptors (Lipinski definition) is 5. The number of benzene rings is 5. The van der Waals surface area contributed by atoms with Gasteiger partial charge in [-0.3, -0.25) is 4.98 Å². The molecule has 50 heavy (non-hydrogen) atoms. The second-order valence-corrected chi connectivity index (χ2v) is 12.6. The predicted octanol–water partition coefficient (Wildman–Crippen LogP) is 10.1. The molecule has 0 aliphatic carbocycles. The van der Waals surface area contributed by atoms with Gasteiger partial charge in [0.25, 0.3) is 0 Å². The smallest absolute Gasteiger partial charge is 0.0893 e. The normalized spacial score (nSPS) is 17.6. The summed E-state index contributed by atoms with van der Waals surface area (Å²) in [4.78, 5) is 14.6. The van der Waals surface area contributed by atoms with Crippen LogP contribution in [0.4, 0.5) is 0 Å². The summed E-state index contributed by atoms with van der Waals surface area (Å²) in [7, 11) is 0. The van der Waals surface area contributed by atoms with Crippen LogP contribution < -0.4 is 10.6 Å². The first-order chi connectivity index (χ1) is 24.7. The van der Waals surface area contributed by atoms with Crippen molar-refractivity contribution in [1.82, 2.24) is 25.6 Å². The molecule has 1 fully saturated rings. The Morgan fingerprint density at radius 1 is 0.460 bits per heavy atom. The van der Waals surface area contributed by atoms with Gasteiger partial charge in [-0.2, -0.15) is 0 Å². The number of fused-ring (bicyclic) bond motifs is 2. The van der Waals surface area contributed by atoms with Gasteiger partial charge in [0.15, 0.2) is 0 Å². The summed E-state index contributed by atoms with van der Waals surface area (Å²) < 4.78 is 0. The molecule has 1 aliphatic heterocycles. The van der Waals surface area contributed by atoms with Crippen LogP contribution in [0.2, 0.25) is 0 Å². The zero-order valence-corrected chi connectivity index (χ0v) is 27.2. The third-order valence-electron chi connectivity index (χ3n) is 9.37. The van der Waals surface area contributed by atoms with Gasteiger partial charge in [0.2, 0.25) is 0 Å². The molecule has 6 heteroatoms. The molecule has 5 aromatic carbocycles. The number of nitrogens with zero attached hydrogens (tertiary/aromatic N) is 4. The standard InChI is InChI=1S/C44H33N6/c1-3-11-31(12-4-1)42-48-43(32-13-5-2-6-14-32)50-44(49-42)36-16-8-7-15-35(36)33-20-18-29-22-24-37(46-40(29)27-33)34-21-19-30-23-25-39(47-41(30)28-34)38-17-9-10-26-45-38/h1-28,42-44,48-49H/q-1. The lowest BCUT2D eigenvalue weighted by atomic mass is 9.95. The Bertz CT molecular complexity index is 2380. The van der Waals surface area contributed by atoms with Crippen LogP contribution in [0.5, 0.6) is 0 Å². The fourth-order valence-corrected chi connectivity index (χ4v) is 6.80. The number of rotatable bonds is 6. The molecule has 8 aromatic rings. The molecule has 3 unspecified atom stereocenters. The third kappa shape index (κ3) is 5.93. The molecule has 0 amide bonds. The van der Waals surface area contributed by atoms with E-state index in [1.54, 1.807) is 6.20 Å². The molecule has 0 bridgehead atoms. The van der Waals surface area contributed by atoms with Gasteiger partial charge >= 0.3 is 0 Å². The fourth-order valence-electron chi connectivity index (χ4n) is 6.80. The Morgan fingerprint density at radius 2 is 1.06 bits per heavy atom. The van der Waals surface area contributed by atoms with Crippen LogP contribution >= 0.6 is 0 Å². The van der Waals surface area contributed by atoms with Crippen molar-refractivity contribution < 1.29 is 0 Å². The Morgan fingerprint density at radius 3 is 1.82 bits per heavy atom. The summed E-state index contributed by atoms with van der Waals surface area (Å²) in [6.07, 6.45) is 1.32. The van der Waals surface area contributed by atoms with E-state index in [2.05, 4.69) is 143 Å². The Kier molecular flexibility index (Phi) is 7.87. The van der Waals surface area contributed by atoms with E-state index >= 15 is 0 Å². The monoisotopic (exact) mass is 645 g/mol. The van der Waals surface area contributed by atoms with Gasteiger partial charge in [-0.1, -0.05) is 145 Å². The lowest BCUT2D eigenvalue weighted by Gasteiger charge is -2.50. The first kappa shape index (κ1) is 30.0. The molecule has 3 atom stereocenters. The van der Waals surface area contributed by atoms with E-state index in [0.29, 0.717) is 0 Å². The molecule has 6 nitrogen and oxygen atoms in total. The molecule has 0 saturated carbocycles. The summed E-state index contributed by atoms with van der Waals surface area (Å²) in [6, 6.07) is 56.6. The molecule has 0 radical (unpaired) electrons. The zero-order valence-electron chi connectivity index (χ0n) is 27.2. The maximum absolute atomic E-state index is 5.30. The van der Waals surface area contributed by atoms with Crippen molar-refractivity contribution in [3.63, 3.8) is 0 Å². The van der Waals surface area contributed by atoms with Crippen molar-refractivity contribution in [3.8, 4) is 33.8 Å². The molecule has 9 rings (SSSR count). The van der Waals surface area contributed by atoms with E-state index in [0.717, 1.165) is 66.7 Å². The van der Waals surface area contributed by atoms with Gasteiger partial charge in [-0.15, -0.1) is 0 Å². The Balaban J connectivity index is 1.07. The summed E-state index contributed by atoms with van der Waals surface area (Å²) in [5.41, 5.74) is 11.1. The third-order valence-corrected chi connectivity index (χ3v) is 9.37. The lowest BCUT2D eigenvalue weighted by Crippen LogP contribution is -2.44. The van der Waals surface area contributed by atoms with Crippen molar-refractivity contribution in [2.24, 2.45) is 0 Å². The molecule has 3 aromatic heterocycles. The van der Waals surface area contributed by atoms with Crippen LogP contribution in [0, 0.1) is 0 Å². The maximum atomic E-state index is 5.30. The van der Waals surface area contributed by atoms with Crippen LogP contribution in [0.25, 0.3) is 60.9 Å². The molecular formula is C44H33N6-. The average Bonchev–Trinajstić information content (AvgIpc) is 3.21. The molecule has 4 heterocycles. The summed E-state index contributed by atoms with van der Waals surface area (Å²) in [5, 5.41) is 15.0. The quantitative estimate of drug-likeness (QED) is 0.188. The van der Waals surface area contributed by atoms with E-state index in [1.807, 2.05) is 36.4 Å². The number of aromatic nitrogens is 3. The highest BCUT2D eigenvalue weighted by atomic mass is 15.4. The summed E-state index contributed by atoms with van der Waals surface area (Å²) in [5.74, 6) is 0. The summed E-state index contributed by atoms with van der Waals surface area (Å²) in [6.45, 7) is 0. The van der Waals surface area contributed by atoms with Crippen LogP contribution in [-0.4, -0.2) is 15.0 Å². The number of nitrogens with one attached hydrogen (secondary N) is 2. The summed E-state index contributed by atoms with van der Waals surface area (Å²) >= 11 is 0. The van der Waals surface area contributed by atoms with Crippen molar-refractivity contribution in [1.29, 1.82) is 0 Å². The minimum atomic E-state index is -0.237. The second kappa shape index (κ2) is 13.1. The van der Waals surface area contributed by atoms with E-state index in [4.69, 9.17) is 15.3 Å². The molecule has 0 spiro atoms. The number of pyridine rings is 3. The van der Waals surface area contributed by atoms with Gasteiger partial charge in [0, 0.05) is 22.5 Å². The molecule has 1 aliphatic rings. The van der Waals surface area contributed by atoms with Crippen molar-refractivity contribution >= 4 is 21.8 Å². The van der Waals surface area contributed by atoms with Gasteiger partial charge in [0.05, 0.1) is 34.3 Å². The van der Waals surface area contributed by atoms with E-state index < -0.39 is 0 Å². The van der Waals surface area contributed by atoms with Crippen LogP contribution in [-0.2, 0) is 0 Å². The van der Waals surface area contributed by atoms with E-state index in [1.165, 1.54) is 5.56 Å². The van der Waals surface area contributed by atoms with Crippen LogP contribution in [0.15, 0.2) is 170 Å². The molecule has 1 saturated heterocycles. The minimum absolute atomic E-state index is 0.0748. The SMILES string of the molecule is c1ccc(C2[N-]C(c3ccccc3-c3ccc4ccc(-c5ccc6ccc(-c7ccccn7)nc6c5)nc4c3)NC(c3ccccc3)N2)cc1. The average molecular weight is 646 g/mol. The first-order valence-corrected chi connectivity index (χ1v) is 16.9. The highest BCUT2D eigenvalue weighted by molar-refractivity contribution is 5.89. The van der Waals surface area contributed by atoms with Gasteiger partial charge in [-0.05, 0) is 58.7 Å².